The second-order valence-corrected chi connectivity index (χ2v) is 24.5. The lowest BCUT2D eigenvalue weighted by atomic mass is 9.78. The van der Waals surface area contributed by atoms with E-state index in [0.717, 1.165) is 0 Å². The summed E-state index contributed by atoms with van der Waals surface area (Å²) in [4.78, 5) is 0. The fraction of sp³-hybridized carbons (Fsp3) is 0.229. The van der Waals surface area contributed by atoms with Crippen LogP contribution in [0, 0.1) is 41.7 Å². The second kappa shape index (κ2) is 15.2. The third kappa shape index (κ3) is 6.70. The van der Waals surface area contributed by atoms with Crippen LogP contribution in [0.4, 0.5) is 0 Å². The lowest BCUT2D eigenvalue weighted by molar-refractivity contribution is 0.568. The van der Waals surface area contributed by atoms with Crippen LogP contribution in [0.5, 0.6) is 0 Å². The molecule has 0 bridgehead atoms. The quantitative estimate of drug-likeness (QED) is 0.165. The van der Waals surface area contributed by atoms with E-state index in [-0.39, 0.29) is 21.7 Å². The highest BCUT2D eigenvalue weighted by molar-refractivity contribution is 6.09. The van der Waals surface area contributed by atoms with E-state index in [9.17, 15) is 0 Å². The standard InChI is InChI=1S/C70H64/c1-67(2,3)45-35-43(36-46(39-45)68(4,5)6)59-51-29-21-19-27-49(51)57(41-23-15-13-16-24-41)63-53-31-32-54-62-56(34-33-55(61(53)62)65(59)63)66-60(44-37-47(69(7,8)9)40-48(38-44)70(10,11)12)52-30-22-20-28-50(52)58(64(54)66)42-25-17-14-18-26-42/h13-40H,1-12H3. The van der Waals surface area contributed by atoms with E-state index >= 15 is 0 Å². The molecule has 344 valence electrons. The molecule has 70 heavy (non-hydrogen) atoms. The first-order valence-electron chi connectivity index (χ1n) is 25.5. The lowest BCUT2D eigenvalue weighted by Gasteiger charge is -2.27. The molecule has 12 rings (SSSR count). The Morgan fingerprint density at radius 1 is 0.229 bits per heavy atom. The summed E-state index contributed by atoms with van der Waals surface area (Å²) in [7, 11) is 0. The SMILES string of the molecule is CC(C)(C)c1cc(-c2c3c(c(-c4ccccc4)c4ccccc24)=c2ccc4c5c(ccc=3c25)=c2c(-c3cc(C(C)(C)C)cc(C(C)(C)C)c3)c3ccccc3c(-c3ccccc3)c2=4)cc(C(C)(C)C)c1. The van der Waals surface area contributed by atoms with Gasteiger partial charge in [-0.25, -0.2) is 0 Å². The van der Waals surface area contributed by atoms with Crippen LogP contribution in [0.3, 0.4) is 0 Å². The van der Waals surface area contributed by atoms with Crippen LogP contribution < -0.4 is 0 Å². The fourth-order valence-corrected chi connectivity index (χ4v) is 12.0. The monoisotopic (exact) mass is 905 g/mol. The second-order valence-electron chi connectivity index (χ2n) is 24.5. The van der Waals surface area contributed by atoms with Crippen LogP contribution in [0.1, 0.15) is 105 Å². The van der Waals surface area contributed by atoms with Gasteiger partial charge < -0.3 is 0 Å². The molecule has 0 N–H and O–H groups in total. The van der Waals surface area contributed by atoms with Gasteiger partial charge in [0.1, 0.15) is 0 Å². The van der Waals surface area contributed by atoms with Crippen molar-refractivity contribution in [2.24, 2.45) is 0 Å². The van der Waals surface area contributed by atoms with Crippen molar-refractivity contribution in [3.63, 3.8) is 0 Å². The summed E-state index contributed by atoms with van der Waals surface area (Å²) in [6.07, 6.45) is 0. The predicted molar refractivity (Wildman–Crippen MR) is 299 cm³/mol. The molecule has 0 radical (unpaired) electrons. The molecule has 0 spiro atoms. The minimum atomic E-state index is -0.0337. The molecule has 2 aliphatic rings. The normalized spacial score (nSPS) is 13.1. The van der Waals surface area contributed by atoms with Crippen molar-refractivity contribution in [1.29, 1.82) is 0 Å². The van der Waals surface area contributed by atoms with Crippen molar-refractivity contribution in [1.82, 2.24) is 0 Å². The Morgan fingerprint density at radius 2 is 0.457 bits per heavy atom. The van der Waals surface area contributed by atoms with E-state index in [0.29, 0.717) is 0 Å². The van der Waals surface area contributed by atoms with Crippen LogP contribution in [0.25, 0.3) is 76.8 Å². The van der Waals surface area contributed by atoms with Crippen LogP contribution >= 0.6 is 0 Å². The first-order valence-corrected chi connectivity index (χ1v) is 25.5. The molecule has 0 heteroatoms. The zero-order valence-electron chi connectivity index (χ0n) is 43.2. The van der Waals surface area contributed by atoms with Gasteiger partial charge in [0.25, 0.3) is 0 Å². The summed E-state index contributed by atoms with van der Waals surface area (Å²) in [5, 5.41) is 18.6. The van der Waals surface area contributed by atoms with E-state index in [1.54, 1.807) is 0 Å². The molecule has 0 atom stereocenters. The summed E-state index contributed by atoms with van der Waals surface area (Å²) in [6.45, 7) is 28.3. The van der Waals surface area contributed by atoms with Gasteiger partial charge in [0, 0.05) is 0 Å². The van der Waals surface area contributed by atoms with Crippen molar-refractivity contribution < 1.29 is 0 Å². The van der Waals surface area contributed by atoms with Crippen LogP contribution in [0.15, 0.2) is 170 Å². The molecule has 0 heterocycles. The van der Waals surface area contributed by atoms with E-state index in [2.05, 4.69) is 253 Å². The van der Waals surface area contributed by atoms with Crippen LogP contribution in [0.2, 0.25) is 0 Å². The molecule has 0 unspecified atom stereocenters. The first-order chi connectivity index (χ1) is 33.3. The minimum absolute atomic E-state index is 0.0337. The summed E-state index contributed by atoms with van der Waals surface area (Å²) in [5.41, 5.74) is 15.7. The van der Waals surface area contributed by atoms with E-state index in [4.69, 9.17) is 0 Å². The molecular formula is C70H64. The van der Waals surface area contributed by atoms with Gasteiger partial charge in [-0.15, -0.1) is 0 Å². The molecule has 0 aromatic heterocycles. The Labute approximate surface area is 413 Å². The van der Waals surface area contributed by atoms with Crippen LogP contribution in [-0.2, 0) is 21.7 Å². The molecule has 0 aliphatic heterocycles. The first kappa shape index (κ1) is 44.2. The number of rotatable bonds is 4. The lowest BCUT2D eigenvalue weighted by Crippen LogP contribution is -2.16. The number of fused-ring (bicyclic) bond motifs is 4. The van der Waals surface area contributed by atoms with Gasteiger partial charge in [0.15, 0.2) is 0 Å². The zero-order chi connectivity index (χ0) is 48.8. The van der Waals surface area contributed by atoms with Gasteiger partial charge in [-0.2, -0.15) is 0 Å². The van der Waals surface area contributed by atoms with Gasteiger partial charge in [-0.3, -0.25) is 0 Å². The summed E-state index contributed by atoms with van der Waals surface area (Å²) in [5.74, 6) is 0. The Hall–Kier alpha value is -7.02. The molecule has 10 aromatic carbocycles. The number of hydrogen-bond donors (Lipinski definition) is 0. The van der Waals surface area contributed by atoms with Crippen molar-refractivity contribution in [3.05, 3.63) is 234 Å². The maximum Gasteiger partial charge on any atom is -0.000740 e. The van der Waals surface area contributed by atoms with Crippen molar-refractivity contribution in [2.45, 2.75) is 105 Å². The van der Waals surface area contributed by atoms with Gasteiger partial charge in [-0.05, 0) is 162 Å². The third-order valence-corrected chi connectivity index (χ3v) is 15.7. The molecule has 10 aromatic rings. The highest BCUT2D eigenvalue weighted by Gasteiger charge is 2.28. The predicted octanol–water partition coefficient (Wildman–Crippen LogP) is 18.8. The van der Waals surface area contributed by atoms with Gasteiger partial charge in [0.05, 0.1) is 0 Å². The van der Waals surface area contributed by atoms with E-state index in [1.165, 1.54) is 141 Å². The molecular weight excluding hydrogens is 841 g/mol. The van der Waals surface area contributed by atoms with Crippen LogP contribution in [-0.4, -0.2) is 0 Å². The summed E-state index contributed by atoms with van der Waals surface area (Å²) >= 11 is 0. The fourth-order valence-electron chi connectivity index (χ4n) is 12.0. The average Bonchev–Trinajstić information content (AvgIpc) is 3.83. The Kier molecular flexibility index (Phi) is 9.62. The molecule has 0 saturated carbocycles. The van der Waals surface area contributed by atoms with Crippen molar-refractivity contribution >= 4 is 32.3 Å². The Morgan fingerprint density at radius 3 is 0.700 bits per heavy atom. The highest BCUT2D eigenvalue weighted by atomic mass is 14.3. The van der Waals surface area contributed by atoms with Gasteiger partial charge in [0.2, 0.25) is 0 Å². The maximum atomic E-state index is 2.51. The molecule has 0 saturated heterocycles. The smallest absolute Gasteiger partial charge is 0.000740 e. The van der Waals surface area contributed by atoms with E-state index in [1.807, 2.05) is 0 Å². The minimum Gasteiger partial charge on any atom is -0.0622 e. The molecule has 0 amide bonds. The Bertz CT molecular complexity index is 3940. The molecule has 0 fully saturated rings. The largest absolute Gasteiger partial charge is 0.0622 e. The molecule has 0 nitrogen and oxygen atoms in total. The number of benzene rings is 10. The highest BCUT2D eigenvalue weighted by Crippen LogP contribution is 2.47. The topological polar surface area (TPSA) is 0 Å². The number of hydrogen-bond acceptors (Lipinski definition) is 0. The summed E-state index contributed by atoms with van der Waals surface area (Å²) < 4.78 is 0. The van der Waals surface area contributed by atoms with E-state index < -0.39 is 0 Å². The molecule has 2 aliphatic carbocycles. The van der Waals surface area contributed by atoms with Crippen molar-refractivity contribution in [3.8, 4) is 44.5 Å². The zero-order valence-corrected chi connectivity index (χ0v) is 43.2. The summed E-state index contributed by atoms with van der Waals surface area (Å²) in [6, 6.07) is 65.8. The average molecular weight is 905 g/mol. The Balaban J connectivity index is 1.38. The van der Waals surface area contributed by atoms with Crippen molar-refractivity contribution in [2.75, 3.05) is 0 Å². The third-order valence-electron chi connectivity index (χ3n) is 15.7. The van der Waals surface area contributed by atoms with Gasteiger partial charge >= 0.3 is 0 Å². The maximum absolute atomic E-state index is 2.51. The van der Waals surface area contributed by atoms with Gasteiger partial charge in [-0.1, -0.05) is 253 Å².